The summed E-state index contributed by atoms with van der Waals surface area (Å²) in [5.41, 5.74) is 3.14. The number of rotatable bonds is 6. The van der Waals surface area contributed by atoms with E-state index < -0.39 is 0 Å². The van der Waals surface area contributed by atoms with Crippen LogP contribution in [-0.2, 0) is 11.2 Å². The van der Waals surface area contributed by atoms with Gasteiger partial charge in [-0.3, -0.25) is 0 Å². The van der Waals surface area contributed by atoms with Gasteiger partial charge in [-0.15, -0.1) is 0 Å². The largest absolute Gasteiger partial charge is 0.491 e. The first kappa shape index (κ1) is 21.6. The number of ether oxygens (including phenoxy) is 2. The minimum Gasteiger partial charge on any atom is -0.491 e. The van der Waals surface area contributed by atoms with Crippen LogP contribution in [0, 0.1) is 0 Å². The number of benzene rings is 2. The third-order valence-electron chi connectivity index (χ3n) is 5.20. The second-order valence-corrected chi connectivity index (χ2v) is 7.33. The normalized spacial score (nSPS) is 13.5. The second-order valence-electron chi connectivity index (χ2n) is 7.33. The van der Waals surface area contributed by atoms with E-state index in [4.69, 9.17) is 19.4 Å². The zero-order valence-corrected chi connectivity index (χ0v) is 18.3. The molecule has 3 aromatic rings. The number of amides is 2. The number of hydrogen-bond acceptors (Lipinski definition) is 6. The van der Waals surface area contributed by atoms with Gasteiger partial charge >= 0.3 is 6.03 Å². The Bertz CT molecular complexity index is 1050. The van der Waals surface area contributed by atoms with Gasteiger partial charge in [-0.05, 0) is 42.8 Å². The zero-order chi connectivity index (χ0) is 22.3. The van der Waals surface area contributed by atoms with Crippen molar-refractivity contribution < 1.29 is 14.3 Å². The molecule has 1 aromatic heterocycles. The lowest BCUT2D eigenvalue weighted by atomic mass is 10.1. The van der Waals surface area contributed by atoms with Crippen molar-refractivity contribution >= 4 is 23.2 Å². The minimum atomic E-state index is -0.299. The molecule has 1 aliphatic heterocycles. The molecule has 0 radical (unpaired) electrons. The monoisotopic (exact) mass is 433 g/mol. The average molecular weight is 434 g/mol. The lowest BCUT2D eigenvalue weighted by molar-refractivity contribution is 0.122. The fourth-order valence-corrected chi connectivity index (χ4v) is 3.57. The topological polar surface area (TPSA) is 88.6 Å². The highest BCUT2D eigenvalue weighted by Crippen LogP contribution is 2.33. The number of aryl methyl sites for hydroxylation is 1. The molecular weight excluding hydrogens is 406 g/mol. The van der Waals surface area contributed by atoms with Crippen molar-refractivity contribution in [2.45, 2.75) is 13.3 Å². The van der Waals surface area contributed by atoms with Crippen LogP contribution in [-0.4, -0.2) is 49.4 Å². The highest BCUT2D eigenvalue weighted by atomic mass is 16.5. The number of para-hydroxylation sites is 1. The summed E-state index contributed by atoms with van der Waals surface area (Å²) >= 11 is 0. The molecule has 32 heavy (non-hydrogen) atoms. The molecule has 2 N–H and O–H groups in total. The van der Waals surface area contributed by atoms with Crippen LogP contribution < -0.4 is 20.3 Å². The summed E-state index contributed by atoms with van der Waals surface area (Å²) < 4.78 is 11.1. The fraction of sp³-hybridized carbons (Fsp3) is 0.292. The van der Waals surface area contributed by atoms with E-state index in [1.54, 1.807) is 7.11 Å². The van der Waals surface area contributed by atoms with E-state index in [1.807, 2.05) is 54.6 Å². The number of hydrogen-bond donors (Lipinski definition) is 2. The van der Waals surface area contributed by atoms with Crippen molar-refractivity contribution in [1.82, 2.24) is 9.97 Å². The van der Waals surface area contributed by atoms with Gasteiger partial charge in [-0.25, -0.2) is 14.8 Å². The maximum atomic E-state index is 12.2. The van der Waals surface area contributed by atoms with Crippen LogP contribution in [0.25, 0.3) is 11.4 Å². The standard InChI is InChI=1S/C24H27N5O3/c1-3-20-21(31-2)23(29-13-15-32-16-14-29)28-22(27-20)17-9-11-19(12-10-17)26-24(30)25-18-7-5-4-6-8-18/h4-12H,3,13-16H2,1-2H3,(H2,25,26,30). The van der Waals surface area contributed by atoms with Crippen molar-refractivity contribution in [2.24, 2.45) is 0 Å². The summed E-state index contributed by atoms with van der Waals surface area (Å²) in [6.07, 6.45) is 0.731. The number of morpholine rings is 1. The number of methoxy groups -OCH3 is 1. The Hall–Kier alpha value is -3.65. The molecule has 1 saturated heterocycles. The highest BCUT2D eigenvalue weighted by Gasteiger charge is 2.22. The molecule has 2 aromatic carbocycles. The summed E-state index contributed by atoms with van der Waals surface area (Å²) in [6.45, 7) is 4.89. The first-order valence-corrected chi connectivity index (χ1v) is 10.7. The third kappa shape index (κ3) is 4.97. The first-order chi connectivity index (χ1) is 15.7. The number of anilines is 3. The molecule has 166 valence electrons. The summed E-state index contributed by atoms with van der Waals surface area (Å²) in [7, 11) is 1.66. The smallest absolute Gasteiger partial charge is 0.323 e. The fourth-order valence-electron chi connectivity index (χ4n) is 3.57. The molecule has 0 atom stereocenters. The Labute approximate surface area is 187 Å². The molecule has 1 aliphatic rings. The summed E-state index contributed by atoms with van der Waals surface area (Å²) in [5.74, 6) is 2.14. The number of carbonyl (C=O) groups excluding carboxylic acids is 1. The first-order valence-electron chi connectivity index (χ1n) is 10.7. The number of nitrogens with one attached hydrogen (secondary N) is 2. The van der Waals surface area contributed by atoms with Crippen LogP contribution in [0.3, 0.4) is 0 Å². The quantitative estimate of drug-likeness (QED) is 0.606. The predicted octanol–water partition coefficient (Wildman–Crippen LogP) is 4.20. The third-order valence-corrected chi connectivity index (χ3v) is 5.20. The van der Waals surface area contributed by atoms with Gasteiger partial charge in [-0.1, -0.05) is 25.1 Å². The molecular formula is C24H27N5O3. The number of carbonyl (C=O) groups is 1. The molecule has 0 unspecified atom stereocenters. The second kappa shape index (κ2) is 10.1. The number of urea groups is 1. The van der Waals surface area contributed by atoms with E-state index in [2.05, 4.69) is 22.5 Å². The molecule has 0 spiro atoms. The van der Waals surface area contributed by atoms with Gasteiger partial charge in [0.15, 0.2) is 17.4 Å². The molecule has 0 aliphatic carbocycles. The van der Waals surface area contributed by atoms with Gasteiger partial charge in [0.25, 0.3) is 0 Å². The van der Waals surface area contributed by atoms with Crippen LogP contribution in [0.2, 0.25) is 0 Å². The molecule has 1 fully saturated rings. The van der Waals surface area contributed by atoms with E-state index in [0.29, 0.717) is 30.5 Å². The van der Waals surface area contributed by atoms with Crippen molar-refractivity contribution in [3.63, 3.8) is 0 Å². The maximum Gasteiger partial charge on any atom is 0.323 e. The van der Waals surface area contributed by atoms with Gasteiger partial charge in [0.05, 0.1) is 26.0 Å². The van der Waals surface area contributed by atoms with Crippen LogP contribution in [0.1, 0.15) is 12.6 Å². The predicted molar refractivity (Wildman–Crippen MR) is 126 cm³/mol. The average Bonchev–Trinajstić information content (AvgIpc) is 2.84. The van der Waals surface area contributed by atoms with E-state index in [-0.39, 0.29) is 6.03 Å². The van der Waals surface area contributed by atoms with Gasteiger partial charge in [0.2, 0.25) is 0 Å². The Morgan fingerprint density at radius 2 is 1.66 bits per heavy atom. The van der Waals surface area contributed by atoms with Crippen molar-refractivity contribution in [3.05, 3.63) is 60.3 Å². The Balaban J connectivity index is 1.54. The SMILES string of the molecule is CCc1nc(-c2ccc(NC(=O)Nc3ccccc3)cc2)nc(N2CCOCC2)c1OC. The number of nitrogens with zero attached hydrogens (tertiary/aromatic N) is 3. The van der Waals surface area contributed by atoms with Gasteiger partial charge in [0, 0.05) is 30.0 Å². The molecule has 0 bridgehead atoms. The molecule has 0 saturated carbocycles. The highest BCUT2D eigenvalue weighted by molar-refractivity contribution is 5.99. The van der Waals surface area contributed by atoms with E-state index >= 15 is 0 Å². The Morgan fingerprint density at radius 1 is 1.00 bits per heavy atom. The van der Waals surface area contributed by atoms with Gasteiger partial charge < -0.3 is 25.0 Å². The molecule has 2 heterocycles. The van der Waals surface area contributed by atoms with E-state index in [9.17, 15) is 4.79 Å². The molecule has 4 rings (SSSR count). The maximum absolute atomic E-state index is 12.2. The lowest BCUT2D eigenvalue weighted by Crippen LogP contribution is -2.37. The summed E-state index contributed by atoms with van der Waals surface area (Å²) in [6, 6.07) is 16.5. The molecule has 8 nitrogen and oxygen atoms in total. The van der Waals surface area contributed by atoms with E-state index in [1.165, 1.54) is 0 Å². The van der Waals surface area contributed by atoms with Gasteiger partial charge in [-0.2, -0.15) is 0 Å². The van der Waals surface area contributed by atoms with Crippen LogP contribution in [0.15, 0.2) is 54.6 Å². The summed E-state index contributed by atoms with van der Waals surface area (Å²) in [4.78, 5) is 24.0. The Morgan fingerprint density at radius 3 is 2.28 bits per heavy atom. The van der Waals surface area contributed by atoms with Crippen LogP contribution >= 0.6 is 0 Å². The van der Waals surface area contributed by atoms with Crippen molar-refractivity contribution in [2.75, 3.05) is 48.9 Å². The number of aromatic nitrogens is 2. The molecule has 2 amide bonds. The van der Waals surface area contributed by atoms with Crippen molar-refractivity contribution in [1.29, 1.82) is 0 Å². The molecule has 8 heteroatoms. The van der Waals surface area contributed by atoms with Crippen molar-refractivity contribution in [3.8, 4) is 17.1 Å². The van der Waals surface area contributed by atoms with E-state index in [0.717, 1.165) is 42.3 Å². The minimum absolute atomic E-state index is 0.299. The Kier molecular flexibility index (Phi) is 6.81. The van der Waals surface area contributed by atoms with Gasteiger partial charge in [0.1, 0.15) is 0 Å². The van der Waals surface area contributed by atoms with Crippen LogP contribution in [0.5, 0.6) is 5.75 Å². The lowest BCUT2D eigenvalue weighted by Gasteiger charge is -2.29. The van der Waals surface area contributed by atoms with Crippen LogP contribution in [0.4, 0.5) is 22.0 Å². The zero-order valence-electron chi connectivity index (χ0n) is 18.3. The summed E-state index contributed by atoms with van der Waals surface area (Å²) in [5, 5.41) is 5.64.